The first-order valence-corrected chi connectivity index (χ1v) is 11.3. The van der Waals surface area contributed by atoms with Crippen LogP contribution in [0.15, 0.2) is 60.7 Å². The predicted molar refractivity (Wildman–Crippen MR) is 119 cm³/mol. The lowest BCUT2D eigenvalue weighted by Crippen LogP contribution is -2.41. The van der Waals surface area contributed by atoms with Gasteiger partial charge in [0, 0.05) is 5.39 Å². The van der Waals surface area contributed by atoms with E-state index in [1.54, 1.807) is 12.1 Å². The molecule has 6 heteroatoms. The lowest BCUT2D eigenvalue weighted by atomic mass is 10.0. The van der Waals surface area contributed by atoms with E-state index in [-0.39, 0.29) is 18.5 Å². The van der Waals surface area contributed by atoms with E-state index >= 15 is 0 Å². The maximum Gasteiger partial charge on any atom is 0.241 e. The van der Waals surface area contributed by atoms with Crippen LogP contribution in [-0.4, -0.2) is 27.1 Å². The highest BCUT2D eigenvalue weighted by Crippen LogP contribution is 2.28. The molecule has 1 atom stereocenters. The molecular formula is C23H26N2O3S. The summed E-state index contributed by atoms with van der Waals surface area (Å²) < 4.78 is 26.2. The largest absolute Gasteiger partial charge is 0.348 e. The van der Waals surface area contributed by atoms with Crippen molar-refractivity contribution in [3.8, 4) is 0 Å². The molecule has 0 aromatic heterocycles. The third kappa shape index (κ3) is 4.77. The van der Waals surface area contributed by atoms with E-state index in [2.05, 4.69) is 11.4 Å². The van der Waals surface area contributed by atoms with Crippen molar-refractivity contribution >= 4 is 32.4 Å². The van der Waals surface area contributed by atoms with Crippen molar-refractivity contribution in [1.29, 1.82) is 0 Å². The molecule has 152 valence electrons. The van der Waals surface area contributed by atoms with Crippen LogP contribution in [0.4, 0.5) is 5.69 Å². The van der Waals surface area contributed by atoms with Gasteiger partial charge in [-0.05, 0) is 43.4 Å². The Hall–Kier alpha value is -2.86. The lowest BCUT2D eigenvalue weighted by Gasteiger charge is -2.25. The van der Waals surface area contributed by atoms with Gasteiger partial charge in [-0.2, -0.15) is 0 Å². The van der Waals surface area contributed by atoms with Crippen LogP contribution in [-0.2, 0) is 14.8 Å². The van der Waals surface area contributed by atoms with Gasteiger partial charge >= 0.3 is 0 Å². The van der Waals surface area contributed by atoms with Crippen molar-refractivity contribution in [2.24, 2.45) is 0 Å². The highest BCUT2D eigenvalue weighted by atomic mass is 32.2. The second kappa shape index (κ2) is 8.25. The average molecular weight is 411 g/mol. The Morgan fingerprint density at radius 1 is 1.03 bits per heavy atom. The molecule has 1 N–H and O–H groups in total. The summed E-state index contributed by atoms with van der Waals surface area (Å²) in [5.41, 5.74) is 3.76. The molecule has 5 nitrogen and oxygen atoms in total. The number of anilines is 1. The average Bonchev–Trinajstić information content (AvgIpc) is 2.64. The van der Waals surface area contributed by atoms with Gasteiger partial charge in [-0.25, -0.2) is 8.42 Å². The first-order chi connectivity index (χ1) is 13.7. The molecule has 0 bridgehead atoms. The standard InChI is InChI=1S/C23H26N2O3S/c1-16-12-13-20(17(2)14-16)18(3)24-23(26)15-25(29(4,27)28)22-11-7-9-19-8-5-6-10-21(19)22/h5-14,18H,15H2,1-4H3,(H,24,26). The van der Waals surface area contributed by atoms with Gasteiger partial charge < -0.3 is 5.32 Å². The number of carbonyl (C=O) groups is 1. The molecule has 3 aromatic carbocycles. The molecule has 1 amide bonds. The number of hydrogen-bond donors (Lipinski definition) is 1. The molecule has 0 aliphatic carbocycles. The molecule has 0 fully saturated rings. The Balaban J connectivity index is 1.87. The van der Waals surface area contributed by atoms with Gasteiger partial charge in [-0.15, -0.1) is 0 Å². The molecule has 29 heavy (non-hydrogen) atoms. The number of carbonyl (C=O) groups excluding carboxylic acids is 1. The molecule has 3 aromatic rings. The third-order valence-electron chi connectivity index (χ3n) is 4.99. The summed E-state index contributed by atoms with van der Waals surface area (Å²) in [4.78, 5) is 12.8. The molecule has 0 radical (unpaired) electrons. The molecule has 1 unspecified atom stereocenters. The number of benzene rings is 3. The Kier molecular flexibility index (Phi) is 5.94. The Labute approximate surface area is 172 Å². The number of nitrogens with zero attached hydrogens (tertiary/aromatic N) is 1. The van der Waals surface area contributed by atoms with E-state index in [4.69, 9.17) is 0 Å². The van der Waals surface area contributed by atoms with Crippen molar-refractivity contribution in [2.75, 3.05) is 17.1 Å². The van der Waals surface area contributed by atoms with Gasteiger partial charge in [0.25, 0.3) is 0 Å². The fourth-order valence-electron chi connectivity index (χ4n) is 3.61. The number of hydrogen-bond acceptors (Lipinski definition) is 3. The van der Waals surface area contributed by atoms with Crippen LogP contribution in [0, 0.1) is 13.8 Å². The van der Waals surface area contributed by atoms with Gasteiger partial charge in [-0.1, -0.05) is 60.2 Å². The molecule has 0 saturated carbocycles. The Bertz CT molecular complexity index is 1150. The summed E-state index contributed by atoms with van der Waals surface area (Å²) in [5.74, 6) is -0.351. The topological polar surface area (TPSA) is 66.5 Å². The fourth-order valence-corrected chi connectivity index (χ4v) is 4.48. The summed E-state index contributed by atoms with van der Waals surface area (Å²) in [6.45, 7) is 5.65. The molecular weight excluding hydrogens is 384 g/mol. The monoisotopic (exact) mass is 410 g/mol. The fraction of sp³-hybridized carbons (Fsp3) is 0.261. The minimum Gasteiger partial charge on any atom is -0.348 e. The minimum atomic E-state index is -3.65. The van der Waals surface area contributed by atoms with Crippen LogP contribution in [0.2, 0.25) is 0 Å². The van der Waals surface area contributed by atoms with Crippen LogP contribution >= 0.6 is 0 Å². The Morgan fingerprint density at radius 2 is 1.72 bits per heavy atom. The SMILES string of the molecule is Cc1ccc(C(C)NC(=O)CN(c2cccc3ccccc23)S(C)(=O)=O)c(C)c1. The summed E-state index contributed by atoms with van der Waals surface area (Å²) >= 11 is 0. The van der Waals surface area contributed by atoms with Crippen LogP contribution in [0.3, 0.4) is 0 Å². The van der Waals surface area contributed by atoms with Gasteiger partial charge in [0.05, 0.1) is 18.0 Å². The number of rotatable bonds is 6. The zero-order valence-corrected chi connectivity index (χ0v) is 18.0. The maximum absolute atomic E-state index is 12.8. The van der Waals surface area contributed by atoms with Gasteiger partial charge in [-0.3, -0.25) is 9.10 Å². The minimum absolute atomic E-state index is 0.225. The summed E-state index contributed by atoms with van der Waals surface area (Å²) in [7, 11) is -3.65. The third-order valence-corrected chi connectivity index (χ3v) is 6.12. The maximum atomic E-state index is 12.8. The zero-order valence-electron chi connectivity index (χ0n) is 17.1. The van der Waals surface area contributed by atoms with E-state index in [0.29, 0.717) is 5.69 Å². The molecule has 0 heterocycles. The van der Waals surface area contributed by atoms with Crippen LogP contribution in [0.1, 0.15) is 29.7 Å². The molecule has 0 saturated heterocycles. The van der Waals surface area contributed by atoms with Crippen molar-refractivity contribution in [3.05, 3.63) is 77.4 Å². The number of fused-ring (bicyclic) bond motifs is 1. The number of nitrogens with one attached hydrogen (secondary N) is 1. The molecule has 0 aliphatic rings. The van der Waals surface area contributed by atoms with Crippen LogP contribution < -0.4 is 9.62 Å². The van der Waals surface area contributed by atoms with Crippen molar-refractivity contribution in [2.45, 2.75) is 26.8 Å². The van der Waals surface area contributed by atoms with Crippen molar-refractivity contribution in [1.82, 2.24) is 5.32 Å². The molecule has 0 spiro atoms. The second-order valence-electron chi connectivity index (χ2n) is 7.42. The van der Waals surface area contributed by atoms with Crippen LogP contribution in [0.25, 0.3) is 10.8 Å². The number of amides is 1. The van der Waals surface area contributed by atoms with E-state index < -0.39 is 10.0 Å². The van der Waals surface area contributed by atoms with Crippen LogP contribution in [0.5, 0.6) is 0 Å². The molecule has 0 aliphatic heterocycles. The normalized spacial score (nSPS) is 12.6. The quantitative estimate of drug-likeness (QED) is 0.665. The smallest absolute Gasteiger partial charge is 0.241 e. The van der Waals surface area contributed by atoms with Gasteiger partial charge in [0.1, 0.15) is 6.54 Å². The summed E-state index contributed by atoms with van der Waals surface area (Å²) in [5, 5.41) is 4.64. The lowest BCUT2D eigenvalue weighted by molar-refractivity contribution is -0.120. The number of sulfonamides is 1. The van der Waals surface area contributed by atoms with Crippen molar-refractivity contribution < 1.29 is 13.2 Å². The van der Waals surface area contributed by atoms with Crippen molar-refractivity contribution in [3.63, 3.8) is 0 Å². The van der Waals surface area contributed by atoms with Gasteiger partial charge in [0.15, 0.2) is 0 Å². The highest BCUT2D eigenvalue weighted by molar-refractivity contribution is 7.92. The van der Waals surface area contributed by atoms with E-state index in [1.807, 2.05) is 63.2 Å². The van der Waals surface area contributed by atoms with E-state index in [9.17, 15) is 13.2 Å². The summed E-state index contributed by atoms with van der Waals surface area (Å²) in [6, 6.07) is 18.8. The predicted octanol–water partition coefficient (Wildman–Crippen LogP) is 4.10. The highest BCUT2D eigenvalue weighted by Gasteiger charge is 2.23. The first kappa shape index (κ1) is 20.9. The van der Waals surface area contributed by atoms with E-state index in [1.165, 1.54) is 4.31 Å². The number of aryl methyl sites for hydroxylation is 2. The van der Waals surface area contributed by atoms with Gasteiger partial charge in [0.2, 0.25) is 15.9 Å². The van der Waals surface area contributed by atoms with E-state index in [0.717, 1.165) is 33.7 Å². The molecule has 3 rings (SSSR count). The Morgan fingerprint density at radius 3 is 2.41 bits per heavy atom. The second-order valence-corrected chi connectivity index (χ2v) is 9.32. The zero-order chi connectivity index (χ0) is 21.2. The first-order valence-electron chi connectivity index (χ1n) is 9.49. The summed E-state index contributed by atoms with van der Waals surface area (Å²) in [6.07, 6.45) is 1.12.